The van der Waals surface area contributed by atoms with E-state index in [1.54, 1.807) is 18.2 Å². The standard InChI is InChI=1S/C71H98N6O7S2/c1-42(79)36-74-37-57-54-35-60(76-67(54)55-22-28-71(57)25-6-9-66(71)70(55)23-3-4-24-70)63(82)39-83-65-30-44(11-18-62(65)81)10-17-53-32-50(38-78)64(84-53)19-12-45-20-26-69-27-21-47-33-56(69)49(29-45)34-59(72)58(69)40-85-86-41-61(43(47)2)77-68(73)75-51-8-5-7-48(31-51)46-13-15-52(80)16-14-46/h11,13-16,18,21-22,27-28,30,32,35,42-43,45,47-49,51,55-59,61,63,66,74,76,78-82H,3-10,12,17,19-20,23-26,29,31,33-34,36-41,72H2,1-2H3,(H3,73,75,77). The molecule has 15 rings (SSSR count). The van der Waals surface area contributed by atoms with Crippen molar-refractivity contribution in [3.05, 3.63) is 124 Å². The lowest BCUT2D eigenvalue weighted by atomic mass is 9.50. The van der Waals surface area contributed by atoms with Gasteiger partial charge in [-0.1, -0.05) is 96.7 Å². The summed E-state index contributed by atoms with van der Waals surface area (Å²) in [5.74, 6) is 9.48. The van der Waals surface area contributed by atoms with Gasteiger partial charge in [-0.3, -0.25) is 0 Å². The van der Waals surface area contributed by atoms with E-state index >= 15 is 0 Å². The summed E-state index contributed by atoms with van der Waals surface area (Å²) in [4.78, 5) is 9.10. The number of aromatic nitrogens is 1. The van der Waals surface area contributed by atoms with E-state index < -0.39 is 12.2 Å². The summed E-state index contributed by atoms with van der Waals surface area (Å²) in [5, 5.41) is 61.0. The van der Waals surface area contributed by atoms with Gasteiger partial charge in [-0.25, -0.2) is 4.99 Å². The van der Waals surface area contributed by atoms with E-state index in [0.29, 0.717) is 90.1 Å². The Balaban J connectivity index is 0.632. The Kier molecular flexibility index (Phi) is 18.0. The number of nitrogens with two attached hydrogens (primary N) is 2. The van der Waals surface area contributed by atoms with Crippen molar-refractivity contribution in [1.82, 2.24) is 15.6 Å². The first kappa shape index (κ1) is 60.6. The highest BCUT2D eigenvalue weighted by atomic mass is 33.1. The third-order valence-corrected chi connectivity index (χ3v) is 26.4. The first-order valence-corrected chi connectivity index (χ1v) is 35.9. The Morgan fingerprint density at radius 3 is 2.51 bits per heavy atom. The third-order valence-electron chi connectivity index (χ3n) is 24.0. The average Bonchev–Trinajstić information content (AvgIpc) is 1.72. The van der Waals surface area contributed by atoms with Crippen LogP contribution in [0.15, 0.2) is 88.3 Å². The van der Waals surface area contributed by atoms with Crippen LogP contribution in [0.3, 0.4) is 0 Å². The lowest BCUT2D eigenvalue weighted by Gasteiger charge is -2.56. The number of H-pyrrole nitrogens is 1. The van der Waals surface area contributed by atoms with Crippen LogP contribution >= 0.6 is 21.6 Å². The number of nitrogens with one attached hydrogen (secondary N) is 3. The zero-order valence-electron chi connectivity index (χ0n) is 51.0. The topological polar surface area (TPSA) is 228 Å². The molecule has 2 aliphatic heterocycles. The molecule has 466 valence electrons. The Bertz CT molecular complexity index is 3080. The fourth-order valence-electron chi connectivity index (χ4n) is 19.7. The number of fused-ring (bicyclic) bond motifs is 5. The number of furan rings is 1. The zero-order valence-corrected chi connectivity index (χ0v) is 52.7. The van der Waals surface area contributed by atoms with Gasteiger partial charge in [0.05, 0.1) is 18.8 Å². The van der Waals surface area contributed by atoms with E-state index in [9.17, 15) is 25.5 Å². The summed E-state index contributed by atoms with van der Waals surface area (Å²) >= 11 is 0. The summed E-state index contributed by atoms with van der Waals surface area (Å²) in [6, 6.07) is 18.0. The monoisotopic (exact) mass is 1210 g/mol. The molecule has 2 aromatic heterocycles. The molecule has 17 unspecified atom stereocenters. The van der Waals surface area contributed by atoms with Crippen LogP contribution in [0.25, 0.3) is 0 Å². The molecule has 13 nitrogen and oxygen atoms in total. The van der Waals surface area contributed by atoms with Crippen LogP contribution < -0.4 is 26.8 Å². The highest BCUT2D eigenvalue weighted by Crippen LogP contribution is 2.72. The fourth-order valence-corrected chi connectivity index (χ4v) is 22.6. The van der Waals surface area contributed by atoms with Gasteiger partial charge in [0.1, 0.15) is 30.0 Å². The number of phenols is 2. The second-order valence-corrected chi connectivity index (χ2v) is 31.2. The summed E-state index contributed by atoms with van der Waals surface area (Å²) in [7, 11) is 3.96. The number of hydrogen-bond acceptors (Lipinski definition) is 12. The number of aromatic hydroxyl groups is 2. The summed E-state index contributed by atoms with van der Waals surface area (Å²) in [6.45, 7) is 5.51. The molecule has 86 heavy (non-hydrogen) atoms. The zero-order chi connectivity index (χ0) is 59.3. The molecule has 3 spiro atoms. The second-order valence-electron chi connectivity index (χ2n) is 28.7. The molecule has 6 fully saturated rings. The third kappa shape index (κ3) is 11.8. The Morgan fingerprint density at radius 1 is 0.860 bits per heavy atom. The van der Waals surface area contributed by atoms with Gasteiger partial charge in [-0.15, -0.1) is 0 Å². The maximum absolute atomic E-state index is 11.9. The van der Waals surface area contributed by atoms with Gasteiger partial charge < -0.3 is 61.8 Å². The van der Waals surface area contributed by atoms with Gasteiger partial charge in [-0.05, 0) is 213 Å². The normalized spacial score (nSPS) is 35.1. The molecular weight excluding hydrogens is 1110 g/mol. The number of nitrogens with zero attached hydrogens (tertiary/aromatic N) is 1. The van der Waals surface area contributed by atoms with Crippen LogP contribution in [0.1, 0.15) is 192 Å². The number of ether oxygens (including phenoxy) is 1. The van der Waals surface area contributed by atoms with Gasteiger partial charge in [0, 0.05) is 78.3 Å². The molecule has 0 radical (unpaired) electrons. The van der Waals surface area contributed by atoms with Gasteiger partial charge in [0.2, 0.25) is 0 Å². The van der Waals surface area contributed by atoms with E-state index in [4.69, 9.17) is 25.6 Å². The quantitative estimate of drug-likeness (QED) is 0.0194. The van der Waals surface area contributed by atoms with E-state index in [1.165, 1.54) is 81.0 Å². The van der Waals surface area contributed by atoms with Crippen molar-refractivity contribution in [1.29, 1.82) is 0 Å². The number of aromatic amines is 1. The van der Waals surface area contributed by atoms with Crippen molar-refractivity contribution in [2.75, 3.05) is 31.2 Å². The van der Waals surface area contributed by atoms with Gasteiger partial charge >= 0.3 is 0 Å². The fraction of sp³-hybridized carbons (Fsp3) is 0.648. The van der Waals surface area contributed by atoms with Crippen LogP contribution in [0, 0.1) is 57.7 Å². The molecule has 17 atom stereocenters. The molecular formula is C71H98N6O7S2. The number of phenolic OH excluding ortho intramolecular Hbond substituents is 2. The molecule has 4 heterocycles. The molecule has 2 aromatic carbocycles. The smallest absolute Gasteiger partial charge is 0.189 e. The first-order valence-electron chi connectivity index (χ1n) is 33.5. The average molecular weight is 1210 g/mol. The number of aliphatic imine (C=N–C) groups is 1. The van der Waals surface area contributed by atoms with Crippen LogP contribution in [-0.4, -0.2) is 91.9 Å². The summed E-state index contributed by atoms with van der Waals surface area (Å²) in [6.07, 6.45) is 31.0. The van der Waals surface area contributed by atoms with Crippen LogP contribution in [0.4, 0.5) is 0 Å². The second kappa shape index (κ2) is 25.5. The molecule has 9 aliphatic carbocycles. The summed E-state index contributed by atoms with van der Waals surface area (Å²) in [5.41, 5.74) is 21.0. The van der Waals surface area contributed by atoms with Crippen LogP contribution in [-0.2, 0) is 25.9 Å². The van der Waals surface area contributed by atoms with E-state index in [1.807, 2.05) is 46.7 Å². The Morgan fingerprint density at radius 2 is 1.69 bits per heavy atom. The Hall–Kier alpha value is -4.35. The number of allylic oxidation sites excluding steroid dienone is 4. The van der Waals surface area contributed by atoms with Crippen molar-refractivity contribution in [2.24, 2.45) is 74.1 Å². The van der Waals surface area contributed by atoms with E-state index in [0.717, 1.165) is 97.8 Å². The number of aliphatic hydroxyl groups is 3. The predicted molar refractivity (Wildman–Crippen MR) is 345 cm³/mol. The maximum atomic E-state index is 11.9. The SMILES string of the molecule is CC(O)CNCC1c2cc(C(O)COc3cc(CCc4cc(CO)c(CCC5CCC67C=CC8CC6C(C5)CC(N)C7CSSCC(N=C(N)NC5CCCC(c6ccc(O)cc6)C5)C8C)o4)ccc3O)[nH]c2C2C=CC13CCCC3C21CCCC1. The molecule has 4 aromatic rings. The first-order chi connectivity index (χ1) is 41.7. The minimum absolute atomic E-state index is 0.00944. The van der Waals surface area contributed by atoms with Gasteiger partial charge in [0.25, 0.3) is 0 Å². The van der Waals surface area contributed by atoms with Crippen molar-refractivity contribution in [3.8, 4) is 17.2 Å². The van der Waals surface area contributed by atoms with Crippen LogP contribution in [0.5, 0.6) is 17.2 Å². The van der Waals surface area contributed by atoms with Crippen LogP contribution in [0.2, 0.25) is 0 Å². The van der Waals surface area contributed by atoms with Crippen molar-refractivity contribution in [3.63, 3.8) is 0 Å². The highest BCUT2D eigenvalue weighted by Gasteiger charge is 2.64. The number of benzene rings is 2. The molecule has 15 heteroatoms. The summed E-state index contributed by atoms with van der Waals surface area (Å²) < 4.78 is 12.9. The minimum atomic E-state index is -0.923. The number of aryl methyl sites for hydroxylation is 3. The molecule has 7 bridgehead atoms. The number of hydrogen-bond donors (Lipinski definition) is 10. The highest BCUT2D eigenvalue weighted by molar-refractivity contribution is 8.76. The molecule has 11 aliphatic rings. The lowest BCUT2D eigenvalue weighted by Crippen LogP contribution is -2.55. The Labute approximate surface area is 518 Å². The van der Waals surface area contributed by atoms with E-state index in [-0.39, 0.29) is 59.3 Å². The van der Waals surface area contributed by atoms with E-state index in [2.05, 4.69) is 65.0 Å². The number of aliphatic hydroxyl groups excluding tert-OH is 3. The van der Waals surface area contributed by atoms with Crippen molar-refractivity contribution < 1.29 is 34.7 Å². The maximum Gasteiger partial charge on any atom is 0.189 e. The molecule has 12 N–H and O–H groups in total. The predicted octanol–water partition coefficient (Wildman–Crippen LogP) is 12.4. The number of guanidine groups is 1. The molecule has 0 amide bonds. The number of rotatable bonds is 18. The lowest BCUT2D eigenvalue weighted by molar-refractivity contribution is -0.00497. The largest absolute Gasteiger partial charge is 0.508 e. The van der Waals surface area contributed by atoms with Crippen molar-refractivity contribution >= 4 is 27.5 Å². The molecule has 5 saturated carbocycles. The van der Waals surface area contributed by atoms with Gasteiger partial charge in [0.15, 0.2) is 17.5 Å². The van der Waals surface area contributed by atoms with Crippen molar-refractivity contribution in [2.45, 2.75) is 197 Å². The minimum Gasteiger partial charge on any atom is -0.508 e. The molecule has 1 saturated heterocycles. The van der Waals surface area contributed by atoms with Gasteiger partial charge in [-0.2, -0.15) is 0 Å².